The summed E-state index contributed by atoms with van der Waals surface area (Å²) >= 11 is 2.87. The molecule has 14 aliphatic heterocycles. The molecule has 15 aliphatic rings. The third kappa shape index (κ3) is 11.2. The lowest BCUT2D eigenvalue weighted by Gasteiger charge is -2.62. The summed E-state index contributed by atoms with van der Waals surface area (Å²) in [4.78, 5) is 92.4. The molecular weight excluding hydrogens is 1500 g/mol. The third-order valence-electron chi connectivity index (χ3n) is 25.0. The summed E-state index contributed by atoms with van der Waals surface area (Å²) < 4.78 is 71.8. The number of piperazine rings is 2. The first-order chi connectivity index (χ1) is 53.3. The number of thioether (sulfide) groups is 2. The number of benzene rings is 5. The quantitative estimate of drug-likeness (QED) is 0.0609. The number of ketones is 2. The van der Waals surface area contributed by atoms with Gasteiger partial charge in [0.25, 0.3) is 0 Å². The molecule has 20 rings (SSSR count). The Morgan fingerprint density at radius 1 is 0.566 bits per heavy atom. The maximum atomic E-state index is 14.7. The van der Waals surface area contributed by atoms with E-state index < -0.39 is 106 Å². The number of methoxy groups -OCH3 is 4. The van der Waals surface area contributed by atoms with Crippen molar-refractivity contribution in [2.24, 2.45) is 0 Å². The van der Waals surface area contributed by atoms with Crippen molar-refractivity contribution in [3.63, 3.8) is 0 Å². The van der Waals surface area contributed by atoms with Gasteiger partial charge in [0.05, 0.1) is 75.2 Å². The predicted octanol–water partition coefficient (Wildman–Crippen LogP) is 8.07. The van der Waals surface area contributed by atoms with Crippen LogP contribution in [0.4, 0.5) is 0 Å². The van der Waals surface area contributed by atoms with Gasteiger partial charge in [0.2, 0.25) is 19.4 Å². The number of aromatic hydroxyl groups is 3. The summed E-state index contributed by atoms with van der Waals surface area (Å²) in [5.74, 6) is 0.364. The molecule has 14 heterocycles. The molecule has 113 heavy (non-hydrogen) atoms. The SMILES string of the molecule is C.C.COC1=C(C)C(=O)C2=C(C1=O)[C@@H]1C3[C@@H]4SC[C@]5(NCCc6cc(O)c(OC)cc65)C(=O)OC[C@@H](c5c6c(c(C)c(OC(C)=O)c54)OCO6)N3[C@@H](C#N)[C@H](C2)N1C.COc1cc2c(cc1O)CCN[C@]21CS[C@@H]2c3c(OC(C)=O)c(C)c4c(c3[C@H](COC1=O)N1C2[C@H]2c3c(cc(C)c(OC)c3O)C[C@@H]([C@@H]1C#N)N2C)OCO4. The number of hydrogen-bond donors (Lipinski definition) is 5. The van der Waals surface area contributed by atoms with Crippen molar-refractivity contribution in [1.82, 2.24) is 30.2 Å². The van der Waals surface area contributed by atoms with Crippen molar-refractivity contribution in [3.8, 4) is 81.1 Å². The van der Waals surface area contributed by atoms with Gasteiger partial charge in [-0.25, -0.2) is 9.59 Å². The molecule has 0 saturated carbocycles. The van der Waals surface area contributed by atoms with Crippen LogP contribution in [-0.2, 0) is 73.3 Å². The Kier molecular flexibility index (Phi) is 20.0. The van der Waals surface area contributed by atoms with E-state index in [0.717, 1.165) is 22.3 Å². The van der Waals surface area contributed by atoms with Crippen LogP contribution in [0.3, 0.4) is 0 Å². The number of phenolic OH excluding ortho intramolecular Hbond substituents is 3. The molecule has 4 saturated heterocycles. The second-order valence-electron chi connectivity index (χ2n) is 30.2. The number of likely N-dealkylation sites (N-methyl/N-ethyl adjacent to an activating group) is 2. The Balaban J connectivity index is 0.000000175. The maximum Gasteiger partial charge on any atom is 0.331 e. The number of rotatable bonds is 6. The molecule has 14 atom stereocenters. The van der Waals surface area contributed by atoms with Crippen molar-refractivity contribution < 1.29 is 101 Å². The van der Waals surface area contributed by atoms with E-state index in [1.165, 1.54) is 65.8 Å². The van der Waals surface area contributed by atoms with E-state index in [1.807, 2.05) is 43.8 Å². The van der Waals surface area contributed by atoms with Gasteiger partial charge < -0.3 is 72.2 Å². The number of aryl methyl sites for hydroxylation is 1. The molecule has 596 valence electrons. The number of esters is 4. The van der Waals surface area contributed by atoms with Gasteiger partial charge in [-0.1, -0.05) is 20.9 Å². The number of carbonyl (C=O) groups is 6. The summed E-state index contributed by atoms with van der Waals surface area (Å²) in [7, 11) is 9.66. The Morgan fingerprint density at radius 2 is 1.03 bits per heavy atom. The molecule has 5 aromatic rings. The average Bonchev–Trinajstić information content (AvgIpc) is 1.42. The molecule has 8 bridgehead atoms. The van der Waals surface area contributed by atoms with Crippen LogP contribution in [0.1, 0.15) is 143 Å². The monoisotopic (exact) mass is 1590 g/mol. The van der Waals surface area contributed by atoms with Crippen molar-refractivity contribution in [2.45, 2.75) is 164 Å². The van der Waals surface area contributed by atoms with Crippen LogP contribution in [0.15, 0.2) is 52.8 Å². The summed E-state index contributed by atoms with van der Waals surface area (Å²) in [6.45, 7) is 9.99. The lowest BCUT2D eigenvalue weighted by atomic mass is 9.68. The lowest BCUT2D eigenvalue weighted by molar-refractivity contribution is -0.158. The van der Waals surface area contributed by atoms with Crippen LogP contribution in [0.25, 0.3) is 0 Å². The van der Waals surface area contributed by atoms with Crippen LogP contribution in [0, 0.1) is 43.4 Å². The normalized spacial score (nSPS) is 29.2. The smallest absolute Gasteiger partial charge is 0.331 e. The Labute approximate surface area is 661 Å². The number of nitrogens with one attached hydrogen (secondary N) is 2. The highest BCUT2D eigenvalue weighted by Crippen LogP contribution is 2.67. The molecule has 4 fully saturated rings. The number of fused-ring (bicyclic) bond motifs is 17. The minimum Gasteiger partial charge on any atom is -0.504 e. The van der Waals surface area contributed by atoms with Crippen molar-refractivity contribution >= 4 is 59.0 Å². The van der Waals surface area contributed by atoms with Crippen molar-refractivity contribution in [3.05, 3.63) is 125 Å². The number of hydrogen-bond acceptors (Lipinski definition) is 31. The van der Waals surface area contributed by atoms with E-state index in [1.54, 1.807) is 38.1 Å². The zero-order chi connectivity index (χ0) is 78.2. The van der Waals surface area contributed by atoms with Gasteiger partial charge in [-0.15, -0.1) is 23.5 Å². The van der Waals surface area contributed by atoms with Crippen LogP contribution >= 0.6 is 23.5 Å². The van der Waals surface area contributed by atoms with Gasteiger partial charge >= 0.3 is 23.9 Å². The number of ether oxygens (including phenoxy) is 12. The van der Waals surface area contributed by atoms with E-state index in [-0.39, 0.29) is 117 Å². The van der Waals surface area contributed by atoms with Crippen LogP contribution in [0.5, 0.6) is 69.0 Å². The van der Waals surface area contributed by atoms with E-state index in [4.69, 9.17) is 56.8 Å². The first kappa shape index (κ1) is 78.3. The number of Topliss-reactive ketones (excluding diaryl/α,β-unsaturated/α-hetero) is 2. The Bertz CT molecular complexity index is 5130. The molecule has 2 spiro atoms. The van der Waals surface area contributed by atoms with Gasteiger partial charge in [0.15, 0.2) is 80.1 Å². The molecule has 0 aromatic heterocycles. The number of nitrogens with zero attached hydrogens (tertiary/aromatic N) is 6. The fraction of sp³-hybridized carbons (Fsp3) is 0.488. The van der Waals surface area contributed by atoms with Crippen molar-refractivity contribution in [2.75, 3.05) is 93.9 Å². The molecule has 0 amide bonds. The highest BCUT2D eigenvalue weighted by molar-refractivity contribution is 7.99. The zero-order valence-corrected chi connectivity index (χ0v) is 64.6. The van der Waals surface area contributed by atoms with Crippen molar-refractivity contribution in [1.29, 1.82) is 10.5 Å². The van der Waals surface area contributed by atoms with Crippen LogP contribution in [0.2, 0.25) is 0 Å². The second kappa shape index (κ2) is 28.8. The fourth-order valence-electron chi connectivity index (χ4n) is 20.4. The molecule has 5 aromatic carbocycles. The summed E-state index contributed by atoms with van der Waals surface area (Å²) in [6.07, 6.45) is 1.72. The number of carbonyl (C=O) groups excluding carboxylic acids is 6. The molecule has 2 unspecified atom stereocenters. The second-order valence-corrected chi connectivity index (χ2v) is 32.5. The summed E-state index contributed by atoms with van der Waals surface area (Å²) in [5, 5.41) is 61.5. The van der Waals surface area contributed by atoms with E-state index in [9.17, 15) is 54.6 Å². The zero-order valence-electron chi connectivity index (χ0n) is 63.0. The highest BCUT2D eigenvalue weighted by Gasteiger charge is 2.66. The summed E-state index contributed by atoms with van der Waals surface area (Å²) in [6, 6.07) is 7.38. The lowest BCUT2D eigenvalue weighted by Crippen LogP contribution is -2.73. The predicted molar refractivity (Wildman–Crippen MR) is 409 cm³/mol. The molecule has 5 N–H and O–H groups in total. The van der Waals surface area contributed by atoms with Gasteiger partial charge in [-0.3, -0.25) is 49.4 Å². The largest absolute Gasteiger partial charge is 0.504 e. The first-order valence-electron chi connectivity index (χ1n) is 36.7. The first-order valence-corrected chi connectivity index (χ1v) is 38.8. The topological polar surface area (TPSA) is 358 Å². The number of phenols is 3. The maximum absolute atomic E-state index is 14.7. The third-order valence-corrected chi connectivity index (χ3v) is 28.0. The molecular formula is C82H90N8O21S2. The average molecular weight is 1590 g/mol. The van der Waals surface area contributed by atoms with Crippen LogP contribution in [-0.4, -0.2) is 207 Å². The Hall–Kier alpha value is -9.96. The van der Waals surface area contributed by atoms with Gasteiger partial charge in [-0.05, 0) is 125 Å². The minimum atomic E-state index is -1.43. The minimum absolute atomic E-state index is 0. The highest BCUT2D eigenvalue weighted by atomic mass is 32.2. The molecule has 29 nitrogen and oxygen atoms in total. The molecule has 31 heteroatoms. The van der Waals surface area contributed by atoms with E-state index >= 15 is 0 Å². The van der Waals surface area contributed by atoms with E-state index in [2.05, 4.69) is 32.6 Å². The van der Waals surface area contributed by atoms with E-state index in [0.29, 0.717) is 128 Å². The Morgan fingerprint density at radius 3 is 1.48 bits per heavy atom. The number of nitriles is 2. The van der Waals surface area contributed by atoms with Gasteiger partial charge in [0, 0.05) is 118 Å². The number of allylic oxidation sites excluding steroid dienone is 2. The van der Waals surface area contributed by atoms with Gasteiger partial charge in [0.1, 0.15) is 36.8 Å². The standard InChI is InChI=1S/C40H40N4O11S.C40H42N4O10S.2CH4/c1-16-32(47)20-10-22-23(12-41)44-24-13-52-39(49)40(21-11-26(50-5)25(46)9-19(21)7-8-42-40)14-56-38(31(44)30(43(22)4)27(20)33(48)35(16)51-6)29-28(24)37-36(53-15-54-37)17(2)34(29)55-18(3)45;1-17-9-21-10-23-24(13-41)44-25-14-51-39(48)40(22-12-27(49-5)26(46)11-20(22)7-8-42-40)15-55-38(32(44)31(43(23)4)28(21)33(47)34(17)50-6)30-29(25)37-36(52-16-53-37)18(2)35(30)54-19(3)45;;/h9,11,22-24,30-31,38,42,46H,7-8,10,13-15H2,1-6H3;9,11-12,23-25,31-32,38,42,46-47H,7-8,10,14-16H2,1-6H3;2*1H4/t22-,23-,24-,30+,31?,38+,40+;23-,24-,25-,31+,32?,38+,40+;;/m00../s1. The summed E-state index contributed by atoms with van der Waals surface area (Å²) in [5.41, 5.74) is 6.88. The van der Waals surface area contributed by atoms with Gasteiger partial charge in [-0.2, -0.15) is 10.5 Å². The van der Waals surface area contributed by atoms with Crippen LogP contribution < -0.4 is 53.3 Å². The molecule has 0 radical (unpaired) electrons. The molecule has 1 aliphatic carbocycles. The fourth-order valence-corrected chi connectivity index (χ4v) is 23.8.